The first-order chi connectivity index (χ1) is 11.1. The normalized spacial score (nSPS) is 15.0. The smallest absolute Gasteiger partial charge is 0.485 e. The van der Waals surface area contributed by atoms with Crippen molar-refractivity contribution in [3.8, 4) is 11.8 Å². The zero-order valence-electron chi connectivity index (χ0n) is 12.7. The van der Waals surface area contributed by atoms with Crippen molar-refractivity contribution in [1.82, 2.24) is 0 Å². The molecule has 2 heterocycles. The lowest BCUT2D eigenvalue weighted by atomic mass is 10.1. The topological polar surface area (TPSA) is 60.2 Å². The number of hydrogen-bond acceptors (Lipinski definition) is 4. The first-order valence-corrected chi connectivity index (χ1v) is 9.23. The third-order valence-corrected chi connectivity index (χ3v) is 4.31. The van der Waals surface area contributed by atoms with Crippen molar-refractivity contribution in [2.45, 2.75) is 24.8 Å². The summed E-state index contributed by atoms with van der Waals surface area (Å²) in [7, 11) is -6.09. The van der Waals surface area contributed by atoms with E-state index in [0.717, 1.165) is 24.4 Å². The number of alkyl halides is 3. The van der Waals surface area contributed by atoms with E-state index in [-0.39, 0.29) is 0 Å². The second-order valence-corrected chi connectivity index (χ2v) is 7.08. The molecular formula is C15H16F3NO3S2. The second kappa shape index (κ2) is 9.01. The van der Waals surface area contributed by atoms with Crippen LogP contribution in [0, 0.1) is 11.8 Å². The molecule has 0 aromatic carbocycles. The quantitative estimate of drug-likeness (QED) is 0.261. The molecular weight excluding hydrogens is 363 g/mol. The van der Waals surface area contributed by atoms with Gasteiger partial charge in [0.15, 0.2) is 16.7 Å². The standard InChI is InChI=1S/C14H16NS.CHF3O3S/c1-2-10-15-11-4-3-6-13(15)8-9-14-7-5-12-16-14;2-1(3,4)8(5,6)7/h2,5,7,12H,1,3-4,6,10-11H2;(H,5,6,7)/q+1;/p-1. The van der Waals surface area contributed by atoms with E-state index in [1.807, 2.05) is 12.1 Å². The minimum absolute atomic E-state index is 0.925. The van der Waals surface area contributed by atoms with Crippen LogP contribution in [0.25, 0.3) is 0 Å². The highest BCUT2D eigenvalue weighted by molar-refractivity contribution is 7.86. The van der Waals surface area contributed by atoms with Gasteiger partial charge in [-0.05, 0) is 29.9 Å². The molecule has 4 nitrogen and oxygen atoms in total. The molecule has 0 amide bonds. The summed E-state index contributed by atoms with van der Waals surface area (Å²) < 4.78 is 61.2. The van der Waals surface area contributed by atoms with Crippen LogP contribution in [-0.2, 0) is 10.1 Å². The van der Waals surface area contributed by atoms with Crippen LogP contribution < -0.4 is 0 Å². The Labute approximate surface area is 143 Å². The van der Waals surface area contributed by atoms with Gasteiger partial charge in [-0.1, -0.05) is 12.6 Å². The molecule has 0 unspecified atom stereocenters. The zero-order chi connectivity index (χ0) is 18.2. The molecule has 1 aromatic heterocycles. The van der Waals surface area contributed by atoms with Crippen molar-refractivity contribution < 1.29 is 30.7 Å². The fourth-order valence-electron chi connectivity index (χ4n) is 1.87. The van der Waals surface area contributed by atoms with Crippen LogP contribution in [0.4, 0.5) is 13.2 Å². The lowest BCUT2D eigenvalue weighted by Crippen LogP contribution is -2.25. The largest absolute Gasteiger partial charge is 0.741 e. The summed E-state index contributed by atoms with van der Waals surface area (Å²) in [5.41, 5.74) is -4.37. The lowest BCUT2D eigenvalue weighted by molar-refractivity contribution is -0.521. The van der Waals surface area contributed by atoms with Gasteiger partial charge in [0.25, 0.3) is 0 Å². The molecule has 1 aliphatic rings. The van der Waals surface area contributed by atoms with Gasteiger partial charge in [-0.3, -0.25) is 0 Å². The van der Waals surface area contributed by atoms with E-state index < -0.39 is 15.6 Å². The molecule has 0 saturated carbocycles. The van der Waals surface area contributed by atoms with Gasteiger partial charge in [-0.15, -0.1) is 11.3 Å². The molecule has 0 aliphatic carbocycles. The average Bonchev–Trinajstić information content (AvgIpc) is 2.98. The predicted octanol–water partition coefficient (Wildman–Crippen LogP) is 2.97. The van der Waals surface area contributed by atoms with Crippen molar-refractivity contribution in [3.05, 3.63) is 35.0 Å². The maximum absolute atomic E-state index is 10.7. The highest BCUT2D eigenvalue weighted by Gasteiger charge is 2.36. The van der Waals surface area contributed by atoms with Gasteiger partial charge in [0, 0.05) is 18.8 Å². The van der Waals surface area contributed by atoms with Gasteiger partial charge in [-0.2, -0.15) is 13.2 Å². The second-order valence-electron chi connectivity index (χ2n) is 4.77. The van der Waals surface area contributed by atoms with Crippen molar-refractivity contribution in [1.29, 1.82) is 0 Å². The third-order valence-electron chi connectivity index (χ3n) is 2.96. The fourth-order valence-corrected chi connectivity index (χ4v) is 2.44. The maximum atomic E-state index is 10.7. The molecule has 0 bridgehead atoms. The van der Waals surface area contributed by atoms with Gasteiger partial charge >= 0.3 is 5.51 Å². The van der Waals surface area contributed by atoms with E-state index >= 15 is 0 Å². The highest BCUT2D eigenvalue weighted by Crippen LogP contribution is 2.20. The van der Waals surface area contributed by atoms with E-state index in [2.05, 4.69) is 34.4 Å². The van der Waals surface area contributed by atoms with Crippen LogP contribution in [0.3, 0.4) is 0 Å². The summed E-state index contributed by atoms with van der Waals surface area (Å²) in [5.74, 6) is 6.55. The summed E-state index contributed by atoms with van der Waals surface area (Å²) in [6.07, 6.45) is 5.62. The molecule has 1 aliphatic heterocycles. The molecule has 9 heteroatoms. The molecule has 2 rings (SSSR count). The Morgan fingerprint density at radius 3 is 2.54 bits per heavy atom. The number of rotatable bonds is 2. The SMILES string of the molecule is C=CC[N+]1=C(C#Cc2cccs2)CCCC1.O=S(=O)([O-])C(F)(F)F. The van der Waals surface area contributed by atoms with E-state index in [9.17, 15) is 13.2 Å². The Morgan fingerprint density at radius 2 is 2.04 bits per heavy atom. The van der Waals surface area contributed by atoms with E-state index in [4.69, 9.17) is 13.0 Å². The maximum Gasteiger partial charge on any atom is 0.485 e. The molecule has 0 saturated heterocycles. The Morgan fingerprint density at radius 1 is 1.38 bits per heavy atom. The Bertz CT molecular complexity index is 739. The number of nitrogens with zero attached hydrogens (tertiary/aromatic N) is 1. The van der Waals surface area contributed by atoms with Crippen molar-refractivity contribution in [2.24, 2.45) is 0 Å². The van der Waals surface area contributed by atoms with Gasteiger partial charge in [0.1, 0.15) is 6.54 Å². The van der Waals surface area contributed by atoms with Crippen molar-refractivity contribution >= 4 is 27.2 Å². The van der Waals surface area contributed by atoms with Crippen LogP contribution >= 0.6 is 11.3 Å². The summed E-state index contributed by atoms with van der Waals surface area (Å²) in [6.45, 7) is 5.85. The van der Waals surface area contributed by atoms with Gasteiger partial charge in [-0.25, -0.2) is 13.0 Å². The third kappa shape index (κ3) is 6.86. The van der Waals surface area contributed by atoms with Crippen LogP contribution in [0.15, 0.2) is 30.2 Å². The van der Waals surface area contributed by atoms with E-state index in [1.165, 1.54) is 18.6 Å². The van der Waals surface area contributed by atoms with Crippen molar-refractivity contribution in [3.63, 3.8) is 0 Å². The number of thiophene rings is 1. The molecule has 1 aromatic rings. The molecule has 0 spiro atoms. The minimum atomic E-state index is -6.09. The van der Waals surface area contributed by atoms with Gasteiger partial charge in [0.2, 0.25) is 5.71 Å². The first kappa shape index (κ1) is 20.4. The Hall–Kier alpha value is -1.63. The van der Waals surface area contributed by atoms with Gasteiger partial charge < -0.3 is 4.55 Å². The van der Waals surface area contributed by atoms with Crippen LogP contribution in [0.1, 0.15) is 24.1 Å². The lowest BCUT2D eigenvalue weighted by Gasteiger charge is -2.09. The zero-order valence-corrected chi connectivity index (χ0v) is 14.3. The fraction of sp³-hybridized carbons (Fsp3) is 0.400. The van der Waals surface area contributed by atoms with Gasteiger partial charge in [0.05, 0.1) is 4.88 Å². The first-order valence-electron chi connectivity index (χ1n) is 6.94. The molecule has 0 fully saturated rings. The Balaban J connectivity index is 0.000000307. The summed E-state index contributed by atoms with van der Waals surface area (Å²) in [6, 6.07) is 4.11. The number of halogens is 3. The van der Waals surface area contributed by atoms with Crippen molar-refractivity contribution in [2.75, 3.05) is 13.1 Å². The van der Waals surface area contributed by atoms with E-state index in [0.29, 0.717) is 0 Å². The monoisotopic (exact) mass is 379 g/mol. The average molecular weight is 379 g/mol. The molecule has 0 radical (unpaired) electrons. The summed E-state index contributed by atoms with van der Waals surface area (Å²) in [4.78, 5) is 1.15. The predicted molar refractivity (Wildman–Crippen MR) is 86.0 cm³/mol. The highest BCUT2D eigenvalue weighted by atomic mass is 32.2. The van der Waals surface area contributed by atoms with Crippen LogP contribution in [-0.4, -0.2) is 41.9 Å². The number of hydrogen-bond donors (Lipinski definition) is 0. The van der Waals surface area contributed by atoms with Crippen LogP contribution in [0.5, 0.6) is 0 Å². The summed E-state index contributed by atoms with van der Waals surface area (Å²) >= 11 is 1.70. The minimum Gasteiger partial charge on any atom is -0.741 e. The Kier molecular flexibility index (Phi) is 7.66. The molecule has 0 atom stereocenters. The molecule has 0 N–H and O–H groups in total. The molecule has 24 heavy (non-hydrogen) atoms. The molecule has 132 valence electrons. The van der Waals surface area contributed by atoms with E-state index in [1.54, 1.807) is 11.3 Å². The summed E-state index contributed by atoms with van der Waals surface area (Å²) in [5, 5.41) is 2.07. The van der Waals surface area contributed by atoms with Crippen LogP contribution in [0.2, 0.25) is 0 Å².